The van der Waals surface area contributed by atoms with Crippen molar-refractivity contribution in [2.24, 2.45) is 0 Å². The Balaban J connectivity index is 1.53. The number of rotatable bonds is 5. The second kappa shape index (κ2) is 7.61. The number of nitrogens with one attached hydrogen (secondary N) is 1. The first-order chi connectivity index (χ1) is 13.2. The molecule has 0 aliphatic carbocycles. The third-order valence-electron chi connectivity index (χ3n) is 4.90. The molecule has 0 bridgehead atoms. The molecule has 27 heavy (non-hydrogen) atoms. The number of aromatic carboxylic acids is 1. The van der Waals surface area contributed by atoms with Crippen molar-refractivity contribution in [3.05, 3.63) is 65.5 Å². The summed E-state index contributed by atoms with van der Waals surface area (Å²) >= 11 is 0. The first-order valence-electron chi connectivity index (χ1n) is 9.29. The van der Waals surface area contributed by atoms with Gasteiger partial charge in [-0.15, -0.1) is 10.2 Å². The normalized spacial score (nSPS) is 13.6. The summed E-state index contributed by atoms with van der Waals surface area (Å²) in [7, 11) is 0. The maximum absolute atomic E-state index is 11.1. The summed E-state index contributed by atoms with van der Waals surface area (Å²) in [5, 5.41) is 21.3. The predicted molar refractivity (Wildman–Crippen MR) is 104 cm³/mol. The van der Waals surface area contributed by atoms with Crippen molar-refractivity contribution < 1.29 is 9.90 Å². The van der Waals surface area contributed by atoms with Crippen molar-refractivity contribution in [2.75, 3.05) is 5.32 Å². The number of fused-ring (bicyclic) bond motifs is 1. The first-order valence-corrected chi connectivity index (χ1v) is 9.29. The molecule has 3 aromatic rings. The molecule has 2 aromatic carbocycles. The minimum absolute atomic E-state index is 0.300. The van der Waals surface area contributed by atoms with E-state index in [9.17, 15) is 4.79 Å². The molecule has 0 fully saturated rings. The quantitative estimate of drug-likeness (QED) is 0.717. The van der Waals surface area contributed by atoms with Crippen LogP contribution in [-0.4, -0.2) is 25.8 Å². The van der Waals surface area contributed by atoms with Crippen molar-refractivity contribution in [1.29, 1.82) is 0 Å². The summed E-state index contributed by atoms with van der Waals surface area (Å²) < 4.78 is 2.24. The van der Waals surface area contributed by atoms with Gasteiger partial charge in [-0.25, -0.2) is 4.79 Å². The number of carboxylic acid groups (broad SMARTS) is 1. The number of hydrogen-bond acceptors (Lipinski definition) is 4. The molecule has 0 atom stereocenters. The number of nitrogens with zero attached hydrogens (tertiary/aromatic N) is 3. The Bertz CT molecular complexity index is 964. The average Bonchev–Trinajstić information content (AvgIpc) is 2.95. The van der Waals surface area contributed by atoms with E-state index in [0.29, 0.717) is 12.1 Å². The highest BCUT2D eigenvalue weighted by Crippen LogP contribution is 2.25. The summed E-state index contributed by atoms with van der Waals surface area (Å²) in [5.41, 5.74) is 3.24. The van der Waals surface area contributed by atoms with Crippen LogP contribution in [0.2, 0.25) is 0 Å². The molecular formula is C21H22N4O2. The van der Waals surface area contributed by atoms with Crippen LogP contribution in [0.1, 0.15) is 41.0 Å². The van der Waals surface area contributed by atoms with Gasteiger partial charge in [0, 0.05) is 30.8 Å². The minimum Gasteiger partial charge on any atom is -0.478 e. The summed E-state index contributed by atoms with van der Waals surface area (Å²) in [4.78, 5) is 11.1. The van der Waals surface area contributed by atoms with E-state index in [-0.39, 0.29) is 0 Å². The highest BCUT2D eigenvalue weighted by molar-refractivity contribution is 5.87. The van der Waals surface area contributed by atoms with Crippen LogP contribution in [-0.2, 0) is 19.5 Å². The third kappa shape index (κ3) is 3.84. The standard InChI is InChI=1S/C21H22N4O2/c26-21(27)17-8-4-6-15(12-17)14-22-18-9-5-7-16(13-18)20-24-23-19-10-2-1-3-11-25(19)20/h4-9,12-13,22H,1-3,10-11,14H2,(H,26,27). The minimum atomic E-state index is -0.911. The molecule has 2 N–H and O–H groups in total. The zero-order chi connectivity index (χ0) is 18.6. The Morgan fingerprint density at radius 1 is 1.07 bits per heavy atom. The van der Waals surface area contributed by atoms with Gasteiger partial charge >= 0.3 is 5.97 Å². The predicted octanol–water partition coefficient (Wildman–Crippen LogP) is 3.98. The molecule has 6 heteroatoms. The lowest BCUT2D eigenvalue weighted by atomic mass is 10.1. The molecule has 1 aromatic heterocycles. The number of hydrogen-bond donors (Lipinski definition) is 2. The summed E-state index contributed by atoms with van der Waals surface area (Å²) in [6.07, 6.45) is 4.57. The Morgan fingerprint density at radius 2 is 1.96 bits per heavy atom. The second-order valence-corrected chi connectivity index (χ2v) is 6.84. The van der Waals surface area contributed by atoms with Crippen molar-refractivity contribution in [2.45, 2.75) is 38.8 Å². The van der Waals surface area contributed by atoms with Crippen LogP contribution in [0.25, 0.3) is 11.4 Å². The molecule has 4 rings (SSSR count). The van der Waals surface area contributed by atoms with Gasteiger partial charge in [0.1, 0.15) is 5.82 Å². The first kappa shape index (κ1) is 17.3. The number of carboxylic acids is 1. The van der Waals surface area contributed by atoms with Gasteiger partial charge in [-0.2, -0.15) is 0 Å². The van der Waals surface area contributed by atoms with Crippen molar-refractivity contribution >= 4 is 11.7 Å². The Labute approximate surface area is 157 Å². The van der Waals surface area contributed by atoms with Gasteiger partial charge in [-0.05, 0) is 42.7 Å². The van der Waals surface area contributed by atoms with Gasteiger partial charge in [0.05, 0.1) is 5.56 Å². The summed E-state index contributed by atoms with van der Waals surface area (Å²) in [6, 6.07) is 15.1. The zero-order valence-electron chi connectivity index (χ0n) is 15.1. The molecule has 0 saturated heterocycles. The molecule has 0 saturated carbocycles. The van der Waals surface area contributed by atoms with E-state index in [0.717, 1.165) is 47.8 Å². The van der Waals surface area contributed by atoms with E-state index in [1.807, 2.05) is 18.2 Å². The molecule has 1 aliphatic heterocycles. The molecular weight excluding hydrogens is 340 g/mol. The molecule has 0 radical (unpaired) electrons. The van der Waals surface area contributed by atoms with Gasteiger partial charge < -0.3 is 15.0 Å². The van der Waals surface area contributed by atoms with Crippen molar-refractivity contribution in [1.82, 2.24) is 14.8 Å². The summed E-state index contributed by atoms with van der Waals surface area (Å²) in [5.74, 6) is 1.08. The fourth-order valence-corrected chi connectivity index (χ4v) is 3.49. The average molecular weight is 362 g/mol. The lowest BCUT2D eigenvalue weighted by molar-refractivity contribution is 0.0696. The summed E-state index contributed by atoms with van der Waals surface area (Å²) in [6.45, 7) is 1.53. The van der Waals surface area contributed by atoms with Crippen LogP contribution < -0.4 is 5.32 Å². The zero-order valence-corrected chi connectivity index (χ0v) is 15.1. The third-order valence-corrected chi connectivity index (χ3v) is 4.90. The molecule has 0 amide bonds. The Morgan fingerprint density at radius 3 is 2.85 bits per heavy atom. The monoisotopic (exact) mass is 362 g/mol. The van der Waals surface area contributed by atoms with Crippen LogP contribution in [0.4, 0.5) is 5.69 Å². The molecule has 2 heterocycles. The number of benzene rings is 2. The largest absolute Gasteiger partial charge is 0.478 e. The van der Waals surface area contributed by atoms with Crippen LogP contribution in [0.15, 0.2) is 48.5 Å². The van der Waals surface area contributed by atoms with E-state index in [4.69, 9.17) is 5.11 Å². The van der Waals surface area contributed by atoms with Crippen LogP contribution in [0.3, 0.4) is 0 Å². The fourth-order valence-electron chi connectivity index (χ4n) is 3.49. The second-order valence-electron chi connectivity index (χ2n) is 6.84. The van der Waals surface area contributed by atoms with Gasteiger partial charge in [0.2, 0.25) is 0 Å². The number of aromatic nitrogens is 3. The molecule has 6 nitrogen and oxygen atoms in total. The van der Waals surface area contributed by atoms with Crippen molar-refractivity contribution in [3.8, 4) is 11.4 Å². The maximum Gasteiger partial charge on any atom is 0.335 e. The van der Waals surface area contributed by atoms with E-state index in [1.165, 1.54) is 12.8 Å². The lowest BCUT2D eigenvalue weighted by Crippen LogP contribution is -2.04. The lowest BCUT2D eigenvalue weighted by Gasteiger charge is -2.10. The number of aryl methyl sites for hydroxylation is 1. The molecule has 1 aliphatic rings. The Hall–Kier alpha value is -3.15. The SMILES string of the molecule is O=C(O)c1cccc(CNc2cccc(-c3nnc4n3CCCCC4)c2)c1. The van der Waals surface area contributed by atoms with E-state index in [2.05, 4.69) is 32.2 Å². The van der Waals surface area contributed by atoms with E-state index in [1.54, 1.807) is 18.2 Å². The van der Waals surface area contributed by atoms with Gasteiger partial charge in [-0.3, -0.25) is 0 Å². The van der Waals surface area contributed by atoms with Crippen molar-refractivity contribution in [3.63, 3.8) is 0 Å². The van der Waals surface area contributed by atoms with Gasteiger partial charge in [0.15, 0.2) is 5.82 Å². The number of anilines is 1. The van der Waals surface area contributed by atoms with E-state index < -0.39 is 5.97 Å². The molecule has 138 valence electrons. The van der Waals surface area contributed by atoms with Gasteiger partial charge in [-0.1, -0.05) is 30.7 Å². The highest BCUT2D eigenvalue weighted by Gasteiger charge is 2.16. The van der Waals surface area contributed by atoms with E-state index >= 15 is 0 Å². The van der Waals surface area contributed by atoms with Crippen LogP contribution in [0.5, 0.6) is 0 Å². The highest BCUT2D eigenvalue weighted by atomic mass is 16.4. The smallest absolute Gasteiger partial charge is 0.335 e. The molecule has 0 unspecified atom stereocenters. The topological polar surface area (TPSA) is 80.0 Å². The van der Waals surface area contributed by atoms with Crippen LogP contribution >= 0.6 is 0 Å². The number of carbonyl (C=O) groups is 1. The molecule has 0 spiro atoms. The fraction of sp³-hybridized carbons (Fsp3) is 0.286. The maximum atomic E-state index is 11.1. The van der Waals surface area contributed by atoms with Gasteiger partial charge in [0.25, 0.3) is 0 Å². The Kier molecular flexibility index (Phi) is 4.87. The van der Waals surface area contributed by atoms with Crippen LogP contribution in [0, 0.1) is 0 Å².